The van der Waals surface area contributed by atoms with Crippen molar-refractivity contribution in [3.8, 4) is 0 Å². The minimum Gasteiger partial charge on any atom is -0.356 e. The molecule has 6 nitrogen and oxygen atoms in total. The summed E-state index contributed by atoms with van der Waals surface area (Å²) in [4.78, 5) is 11.5. The number of carbonyl (C=O) groups is 1. The Morgan fingerprint density at radius 3 is 2.50 bits per heavy atom. The quantitative estimate of drug-likeness (QED) is 0.488. The number of sulfonamides is 1. The van der Waals surface area contributed by atoms with Crippen LogP contribution in [0.2, 0.25) is 0 Å². The van der Waals surface area contributed by atoms with Crippen LogP contribution in [0.15, 0.2) is 0 Å². The van der Waals surface area contributed by atoms with Crippen molar-refractivity contribution in [3.05, 3.63) is 0 Å². The first-order valence-electron chi connectivity index (χ1n) is 5.39. The highest BCUT2D eigenvalue weighted by Crippen LogP contribution is 2.04. The predicted octanol–water partition coefficient (Wildman–Crippen LogP) is -0.844. The second-order valence-corrected chi connectivity index (χ2v) is 5.47. The lowest BCUT2D eigenvalue weighted by molar-refractivity contribution is -0.124. The summed E-state index contributed by atoms with van der Waals surface area (Å²) in [5.74, 6) is -0.410. The molecule has 1 amide bonds. The molecule has 0 aromatic heterocycles. The lowest BCUT2D eigenvalue weighted by Crippen LogP contribution is -2.36. The van der Waals surface area contributed by atoms with Gasteiger partial charge in [-0.15, -0.1) is 0 Å². The fourth-order valence-corrected chi connectivity index (χ4v) is 1.88. The van der Waals surface area contributed by atoms with Crippen LogP contribution < -0.4 is 16.2 Å². The molecule has 0 saturated carbocycles. The molecule has 0 aliphatic carbocycles. The maximum absolute atomic E-state index is 11.5. The van der Waals surface area contributed by atoms with Crippen molar-refractivity contribution in [2.75, 3.05) is 18.8 Å². The first kappa shape index (κ1) is 15.3. The van der Waals surface area contributed by atoms with E-state index in [-0.39, 0.29) is 17.6 Å². The van der Waals surface area contributed by atoms with E-state index in [0.717, 1.165) is 12.8 Å². The predicted molar refractivity (Wildman–Crippen MR) is 63.1 cm³/mol. The lowest BCUT2D eigenvalue weighted by atomic mass is 10.0. The second kappa shape index (κ2) is 7.59. The van der Waals surface area contributed by atoms with E-state index in [9.17, 15) is 13.2 Å². The Morgan fingerprint density at radius 1 is 1.44 bits per heavy atom. The lowest BCUT2D eigenvalue weighted by Gasteiger charge is -2.13. The summed E-state index contributed by atoms with van der Waals surface area (Å²) in [5, 5.41) is 7.48. The van der Waals surface area contributed by atoms with Gasteiger partial charge < -0.3 is 11.1 Å². The number of rotatable bonds is 8. The van der Waals surface area contributed by atoms with E-state index < -0.39 is 10.0 Å². The molecule has 0 bridgehead atoms. The molecule has 16 heavy (non-hydrogen) atoms. The number of nitrogens with two attached hydrogens (primary N) is 2. The zero-order valence-corrected chi connectivity index (χ0v) is 10.4. The van der Waals surface area contributed by atoms with Crippen LogP contribution in [0.5, 0.6) is 0 Å². The molecule has 0 aliphatic rings. The van der Waals surface area contributed by atoms with Gasteiger partial charge in [-0.25, -0.2) is 13.6 Å². The maximum Gasteiger partial charge on any atom is 0.224 e. The van der Waals surface area contributed by atoms with Crippen LogP contribution in [0.3, 0.4) is 0 Å². The molecule has 1 atom stereocenters. The van der Waals surface area contributed by atoms with Gasteiger partial charge in [0.05, 0.1) is 11.7 Å². The minimum absolute atomic E-state index is 0.112. The highest BCUT2D eigenvalue weighted by Gasteiger charge is 2.14. The van der Waals surface area contributed by atoms with Gasteiger partial charge in [0, 0.05) is 13.1 Å². The Labute approximate surface area is 96.8 Å². The molecule has 0 spiro atoms. The van der Waals surface area contributed by atoms with Crippen molar-refractivity contribution >= 4 is 15.9 Å². The average Bonchev–Trinajstić information content (AvgIpc) is 2.19. The van der Waals surface area contributed by atoms with Gasteiger partial charge in [-0.05, 0) is 12.8 Å². The standard InChI is InChI=1S/C9H21N3O3S/c1-2-4-8(7-10)9(13)12-5-3-6-16(11,14)15/h8H,2-7,10H2,1H3,(H,12,13)(H2,11,14,15). The van der Waals surface area contributed by atoms with Crippen LogP contribution in [-0.4, -0.2) is 33.2 Å². The Hall–Kier alpha value is -0.660. The van der Waals surface area contributed by atoms with Gasteiger partial charge in [0.25, 0.3) is 0 Å². The third kappa shape index (κ3) is 7.61. The van der Waals surface area contributed by atoms with E-state index in [1.54, 1.807) is 0 Å². The summed E-state index contributed by atoms with van der Waals surface area (Å²) in [6, 6.07) is 0. The monoisotopic (exact) mass is 251 g/mol. The number of primary sulfonamides is 1. The molecule has 0 heterocycles. The third-order valence-corrected chi connectivity index (χ3v) is 3.06. The van der Waals surface area contributed by atoms with Crippen molar-refractivity contribution < 1.29 is 13.2 Å². The van der Waals surface area contributed by atoms with E-state index in [1.165, 1.54) is 0 Å². The molecular weight excluding hydrogens is 230 g/mol. The van der Waals surface area contributed by atoms with Gasteiger partial charge in [-0.2, -0.15) is 0 Å². The highest BCUT2D eigenvalue weighted by atomic mass is 32.2. The first-order chi connectivity index (χ1) is 7.40. The molecule has 96 valence electrons. The van der Waals surface area contributed by atoms with Crippen LogP contribution in [-0.2, 0) is 14.8 Å². The van der Waals surface area contributed by atoms with Gasteiger partial charge in [-0.3, -0.25) is 4.79 Å². The summed E-state index contributed by atoms with van der Waals surface area (Å²) < 4.78 is 21.2. The average molecular weight is 251 g/mol. The fourth-order valence-electron chi connectivity index (χ4n) is 1.33. The van der Waals surface area contributed by atoms with Gasteiger partial charge in [-0.1, -0.05) is 13.3 Å². The SMILES string of the molecule is CCCC(CN)C(=O)NCCCS(N)(=O)=O. The number of hydrogen-bond acceptors (Lipinski definition) is 4. The van der Waals surface area contributed by atoms with Crippen molar-refractivity contribution in [1.29, 1.82) is 0 Å². The van der Waals surface area contributed by atoms with Gasteiger partial charge in [0.15, 0.2) is 0 Å². The Kier molecular flexibility index (Phi) is 7.27. The molecule has 0 aromatic rings. The summed E-state index contributed by atoms with van der Waals surface area (Å²) in [6.45, 7) is 2.61. The number of carbonyl (C=O) groups excluding carboxylic acids is 1. The summed E-state index contributed by atoms with van der Waals surface area (Å²) in [7, 11) is -3.43. The summed E-state index contributed by atoms with van der Waals surface area (Å²) in [5.41, 5.74) is 5.46. The molecular formula is C9H21N3O3S. The molecule has 7 heteroatoms. The van der Waals surface area contributed by atoms with Gasteiger partial charge in [0.1, 0.15) is 0 Å². The number of amides is 1. The molecule has 0 fully saturated rings. The van der Waals surface area contributed by atoms with E-state index in [4.69, 9.17) is 10.9 Å². The smallest absolute Gasteiger partial charge is 0.224 e. The zero-order valence-electron chi connectivity index (χ0n) is 9.61. The van der Waals surface area contributed by atoms with Crippen LogP contribution in [0, 0.1) is 5.92 Å². The van der Waals surface area contributed by atoms with Crippen LogP contribution in [0.4, 0.5) is 0 Å². The van der Waals surface area contributed by atoms with Crippen molar-refractivity contribution in [2.24, 2.45) is 16.8 Å². The van der Waals surface area contributed by atoms with Crippen LogP contribution in [0.1, 0.15) is 26.2 Å². The largest absolute Gasteiger partial charge is 0.356 e. The molecule has 0 aromatic carbocycles. The topological polar surface area (TPSA) is 115 Å². The van der Waals surface area contributed by atoms with Gasteiger partial charge in [0.2, 0.25) is 15.9 Å². The van der Waals surface area contributed by atoms with E-state index in [1.807, 2.05) is 6.92 Å². The highest BCUT2D eigenvalue weighted by molar-refractivity contribution is 7.89. The summed E-state index contributed by atoms with van der Waals surface area (Å²) >= 11 is 0. The van der Waals surface area contributed by atoms with Crippen molar-refractivity contribution in [3.63, 3.8) is 0 Å². The van der Waals surface area contributed by atoms with Crippen molar-refractivity contribution in [1.82, 2.24) is 5.32 Å². The molecule has 1 unspecified atom stereocenters. The number of hydrogen-bond donors (Lipinski definition) is 3. The normalized spacial score (nSPS) is 13.4. The van der Waals surface area contributed by atoms with E-state index in [0.29, 0.717) is 19.5 Å². The van der Waals surface area contributed by atoms with Crippen molar-refractivity contribution in [2.45, 2.75) is 26.2 Å². The fraction of sp³-hybridized carbons (Fsp3) is 0.889. The van der Waals surface area contributed by atoms with E-state index in [2.05, 4.69) is 5.32 Å². The maximum atomic E-state index is 11.5. The summed E-state index contributed by atoms with van der Waals surface area (Å²) in [6.07, 6.45) is 1.97. The Morgan fingerprint density at radius 2 is 2.06 bits per heavy atom. The Balaban J connectivity index is 3.80. The van der Waals surface area contributed by atoms with Gasteiger partial charge >= 0.3 is 0 Å². The number of nitrogens with one attached hydrogen (secondary N) is 1. The van der Waals surface area contributed by atoms with Crippen LogP contribution >= 0.6 is 0 Å². The molecule has 0 rings (SSSR count). The molecule has 0 aliphatic heterocycles. The zero-order chi connectivity index (χ0) is 12.6. The second-order valence-electron chi connectivity index (χ2n) is 3.73. The van der Waals surface area contributed by atoms with E-state index >= 15 is 0 Å². The van der Waals surface area contributed by atoms with Crippen LogP contribution in [0.25, 0.3) is 0 Å². The third-order valence-electron chi connectivity index (χ3n) is 2.20. The molecule has 0 radical (unpaired) electrons. The minimum atomic E-state index is -3.43. The molecule has 5 N–H and O–H groups in total. The first-order valence-corrected chi connectivity index (χ1v) is 7.10. The Bertz CT molecular complexity index is 303. The molecule has 0 saturated heterocycles.